The fourth-order valence-electron chi connectivity index (χ4n) is 4.01. The molecule has 0 aliphatic carbocycles. The Balaban J connectivity index is 1.65. The van der Waals surface area contributed by atoms with Crippen LogP contribution in [0.15, 0.2) is 81.4 Å². The molecule has 0 saturated heterocycles. The highest BCUT2D eigenvalue weighted by Gasteiger charge is 2.40. The molecule has 0 spiro atoms. The molecule has 2 aromatic rings. The molecule has 35 heavy (non-hydrogen) atoms. The van der Waals surface area contributed by atoms with E-state index < -0.39 is 17.9 Å². The van der Waals surface area contributed by atoms with Crippen LogP contribution in [0.2, 0.25) is 0 Å². The summed E-state index contributed by atoms with van der Waals surface area (Å²) in [6.45, 7) is 5.97. The maximum atomic E-state index is 13.4. The van der Waals surface area contributed by atoms with Crippen LogP contribution in [-0.2, 0) is 32.3 Å². The van der Waals surface area contributed by atoms with Crippen LogP contribution < -0.4 is 5.32 Å². The molecule has 4 heterocycles. The molecule has 7 nitrogen and oxygen atoms in total. The first-order valence-corrected chi connectivity index (χ1v) is 13.2. The summed E-state index contributed by atoms with van der Waals surface area (Å²) in [4.78, 5) is 37.0. The highest BCUT2D eigenvalue weighted by Crippen LogP contribution is 2.46. The second kappa shape index (κ2) is 11.6. The fraction of sp³-hybridized carbons (Fsp3) is 0.308. The molecule has 1 N–H and O–H groups in total. The van der Waals surface area contributed by atoms with Gasteiger partial charge in [0.2, 0.25) is 0 Å². The summed E-state index contributed by atoms with van der Waals surface area (Å²) in [6, 6.07) is 7.21. The minimum absolute atomic E-state index is 0.120. The molecule has 2 aliphatic rings. The average Bonchev–Trinajstić information content (AvgIpc) is 2.87. The molecule has 0 aromatic carbocycles. The third-order valence-corrected chi connectivity index (χ3v) is 8.42. The Kier molecular flexibility index (Phi) is 8.30. The number of dihydropyridines is 1. The lowest BCUT2D eigenvalue weighted by atomic mass is 9.84. The van der Waals surface area contributed by atoms with Crippen LogP contribution in [0.4, 0.5) is 0 Å². The van der Waals surface area contributed by atoms with E-state index in [1.54, 1.807) is 72.6 Å². The first kappa shape index (κ1) is 25.1. The first-order chi connectivity index (χ1) is 17.0. The van der Waals surface area contributed by atoms with Gasteiger partial charge in [-0.25, -0.2) is 9.59 Å². The van der Waals surface area contributed by atoms with E-state index in [1.807, 2.05) is 20.8 Å². The number of esters is 2. The Hall–Kier alpha value is -3.04. The maximum Gasteiger partial charge on any atom is 0.337 e. The number of allylic oxidation sites excluding steroid dienone is 4. The molecule has 0 bridgehead atoms. The number of nitrogens with one attached hydrogen (secondary N) is 1. The molecule has 2 aliphatic heterocycles. The van der Waals surface area contributed by atoms with Gasteiger partial charge in [0.15, 0.2) is 0 Å². The standard InChI is InChI=1S/C26H27N3O4S2/c1-16-21(25(30)32-14-19-4-8-27-9-5-19)23(24-18(3)34-12-13-35-24)22(17(2)29-16)26(31)33-15-20-6-10-28-11-7-20/h4-11,23,29H,12-15H2,1-3H3. The maximum absolute atomic E-state index is 13.4. The second-order valence-electron chi connectivity index (χ2n) is 8.12. The average molecular weight is 510 g/mol. The van der Waals surface area contributed by atoms with Gasteiger partial charge in [-0.05, 0) is 61.1 Å². The number of carbonyl (C=O) groups excluding carboxylic acids is 2. The van der Waals surface area contributed by atoms with E-state index in [4.69, 9.17) is 9.47 Å². The van der Waals surface area contributed by atoms with Gasteiger partial charge >= 0.3 is 11.9 Å². The van der Waals surface area contributed by atoms with Crippen LogP contribution in [0.5, 0.6) is 0 Å². The minimum Gasteiger partial charge on any atom is -0.457 e. The highest BCUT2D eigenvalue weighted by atomic mass is 32.2. The van der Waals surface area contributed by atoms with E-state index >= 15 is 0 Å². The normalized spacial score (nSPS) is 16.8. The van der Waals surface area contributed by atoms with Crippen molar-refractivity contribution in [3.63, 3.8) is 0 Å². The van der Waals surface area contributed by atoms with E-state index in [-0.39, 0.29) is 13.2 Å². The van der Waals surface area contributed by atoms with Crippen molar-refractivity contribution in [2.24, 2.45) is 5.92 Å². The first-order valence-electron chi connectivity index (χ1n) is 11.2. The van der Waals surface area contributed by atoms with Gasteiger partial charge in [-0.2, -0.15) is 0 Å². The molecular weight excluding hydrogens is 482 g/mol. The lowest BCUT2D eigenvalue weighted by molar-refractivity contribution is -0.141. The second-order valence-corrected chi connectivity index (χ2v) is 10.6. The van der Waals surface area contributed by atoms with Crippen molar-refractivity contribution < 1.29 is 19.1 Å². The Bertz CT molecular complexity index is 1120. The van der Waals surface area contributed by atoms with Crippen LogP contribution in [0.1, 0.15) is 31.9 Å². The van der Waals surface area contributed by atoms with E-state index in [1.165, 1.54) is 0 Å². The number of ether oxygens (including phenoxy) is 2. The van der Waals surface area contributed by atoms with Crippen LogP contribution >= 0.6 is 23.5 Å². The number of pyridine rings is 2. The van der Waals surface area contributed by atoms with Gasteiger partial charge in [-0.3, -0.25) is 9.97 Å². The monoisotopic (exact) mass is 509 g/mol. The van der Waals surface area contributed by atoms with Crippen LogP contribution in [0.25, 0.3) is 0 Å². The molecule has 0 saturated carbocycles. The SMILES string of the molecule is CC1=C(C(=O)OCc2ccncc2)C(C2=C(C)SCCS2)C(C(=O)OCc2ccncc2)=C(C)N1. The van der Waals surface area contributed by atoms with Gasteiger partial charge in [0.05, 0.1) is 17.1 Å². The summed E-state index contributed by atoms with van der Waals surface area (Å²) in [5.41, 5.74) is 3.90. The van der Waals surface area contributed by atoms with Gasteiger partial charge in [-0.15, -0.1) is 23.5 Å². The van der Waals surface area contributed by atoms with Crippen molar-refractivity contribution in [1.29, 1.82) is 0 Å². The van der Waals surface area contributed by atoms with Crippen molar-refractivity contribution in [3.8, 4) is 0 Å². The Labute approximate surface area is 213 Å². The predicted octanol–water partition coefficient (Wildman–Crippen LogP) is 4.74. The summed E-state index contributed by atoms with van der Waals surface area (Å²) in [5, 5.41) is 3.22. The zero-order valence-corrected chi connectivity index (χ0v) is 21.5. The van der Waals surface area contributed by atoms with Crippen LogP contribution in [0, 0.1) is 5.92 Å². The molecule has 0 fully saturated rings. The lowest BCUT2D eigenvalue weighted by Crippen LogP contribution is -2.34. The smallest absolute Gasteiger partial charge is 0.337 e. The van der Waals surface area contributed by atoms with Crippen molar-refractivity contribution >= 4 is 35.5 Å². The van der Waals surface area contributed by atoms with Gasteiger partial charge in [0, 0.05) is 52.6 Å². The van der Waals surface area contributed by atoms with Crippen molar-refractivity contribution in [3.05, 3.63) is 92.5 Å². The summed E-state index contributed by atoms with van der Waals surface area (Å²) >= 11 is 3.43. The van der Waals surface area contributed by atoms with Gasteiger partial charge < -0.3 is 14.8 Å². The van der Waals surface area contributed by atoms with Gasteiger partial charge in [0.1, 0.15) is 13.2 Å². The molecule has 9 heteroatoms. The molecule has 0 unspecified atom stereocenters. The Morgan fingerprint density at radius 2 is 1.29 bits per heavy atom. The number of rotatable bonds is 7. The zero-order chi connectivity index (χ0) is 24.8. The fourth-order valence-corrected chi connectivity index (χ4v) is 6.43. The topological polar surface area (TPSA) is 90.4 Å². The van der Waals surface area contributed by atoms with E-state index in [2.05, 4.69) is 15.3 Å². The largest absolute Gasteiger partial charge is 0.457 e. The predicted molar refractivity (Wildman–Crippen MR) is 138 cm³/mol. The number of hydrogen-bond acceptors (Lipinski definition) is 9. The molecule has 0 amide bonds. The van der Waals surface area contributed by atoms with Crippen LogP contribution in [0.3, 0.4) is 0 Å². The quantitative estimate of drug-likeness (QED) is 0.531. The van der Waals surface area contributed by atoms with E-state index in [0.717, 1.165) is 32.4 Å². The molecule has 0 atom stereocenters. The molecule has 182 valence electrons. The number of hydrogen-bond donors (Lipinski definition) is 1. The third-order valence-electron chi connectivity index (χ3n) is 5.71. The molecule has 0 radical (unpaired) electrons. The summed E-state index contributed by atoms with van der Waals surface area (Å²) in [7, 11) is 0. The number of thioether (sulfide) groups is 2. The Morgan fingerprint density at radius 1 is 0.829 bits per heavy atom. The molecule has 4 rings (SSSR count). The Morgan fingerprint density at radius 3 is 1.74 bits per heavy atom. The van der Waals surface area contributed by atoms with Crippen LogP contribution in [-0.4, -0.2) is 33.4 Å². The number of carbonyl (C=O) groups is 2. The summed E-state index contributed by atoms with van der Waals surface area (Å²) < 4.78 is 11.4. The van der Waals surface area contributed by atoms with Crippen molar-refractivity contribution in [1.82, 2.24) is 15.3 Å². The number of aromatic nitrogens is 2. The summed E-state index contributed by atoms with van der Waals surface area (Å²) in [5.74, 6) is 0.419. The lowest BCUT2D eigenvalue weighted by Gasteiger charge is -2.33. The summed E-state index contributed by atoms with van der Waals surface area (Å²) in [6.07, 6.45) is 6.63. The molecule has 2 aromatic heterocycles. The van der Waals surface area contributed by atoms with E-state index in [0.29, 0.717) is 22.5 Å². The van der Waals surface area contributed by atoms with Crippen molar-refractivity contribution in [2.45, 2.75) is 34.0 Å². The third kappa shape index (κ3) is 5.97. The minimum atomic E-state index is -0.552. The van der Waals surface area contributed by atoms with Gasteiger partial charge in [0.25, 0.3) is 0 Å². The highest BCUT2D eigenvalue weighted by molar-refractivity contribution is 8.10. The number of nitrogens with zero attached hydrogens (tertiary/aromatic N) is 2. The zero-order valence-electron chi connectivity index (χ0n) is 19.9. The molecular formula is C26H27N3O4S2. The van der Waals surface area contributed by atoms with Gasteiger partial charge in [-0.1, -0.05) is 0 Å². The van der Waals surface area contributed by atoms with Crippen molar-refractivity contribution in [2.75, 3.05) is 11.5 Å². The van der Waals surface area contributed by atoms with E-state index in [9.17, 15) is 9.59 Å².